The molecule has 0 bridgehead atoms. The standard InChI is InChI=1S/C7H12ClF3Si/c1-12(8)6-4-2-3-5-7(9,10)11/h2,4,12H,3,5-6H2,1H3. The Balaban J connectivity index is 3.37. The van der Waals surface area contributed by atoms with Crippen molar-refractivity contribution in [2.75, 3.05) is 0 Å². The molecule has 0 spiro atoms. The molecule has 72 valence electrons. The van der Waals surface area contributed by atoms with E-state index in [2.05, 4.69) is 0 Å². The summed E-state index contributed by atoms with van der Waals surface area (Å²) in [7, 11) is -1.15. The zero-order valence-corrected chi connectivity index (χ0v) is 8.78. The van der Waals surface area contributed by atoms with Gasteiger partial charge in [-0.05, 0) is 12.5 Å². The van der Waals surface area contributed by atoms with E-state index in [1.165, 1.54) is 0 Å². The fraction of sp³-hybridized carbons (Fsp3) is 0.714. The van der Waals surface area contributed by atoms with Crippen molar-refractivity contribution in [3.05, 3.63) is 12.2 Å². The van der Waals surface area contributed by atoms with Crippen molar-refractivity contribution in [1.82, 2.24) is 0 Å². The zero-order valence-electron chi connectivity index (χ0n) is 6.87. The molecule has 0 rings (SSSR count). The van der Waals surface area contributed by atoms with E-state index in [9.17, 15) is 13.2 Å². The van der Waals surface area contributed by atoms with Gasteiger partial charge in [-0.15, -0.1) is 0 Å². The van der Waals surface area contributed by atoms with Crippen molar-refractivity contribution in [3.63, 3.8) is 0 Å². The van der Waals surface area contributed by atoms with Gasteiger partial charge in [0.1, 0.15) is 8.11 Å². The van der Waals surface area contributed by atoms with Gasteiger partial charge in [-0.2, -0.15) is 24.3 Å². The highest BCUT2D eigenvalue weighted by Crippen LogP contribution is 2.21. The van der Waals surface area contributed by atoms with Crippen molar-refractivity contribution in [2.45, 2.75) is 31.6 Å². The van der Waals surface area contributed by atoms with Gasteiger partial charge in [0, 0.05) is 6.42 Å². The quantitative estimate of drug-likeness (QED) is 0.384. The Morgan fingerprint density at radius 3 is 2.33 bits per heavy atom. The van der Waals surface area contributed by atoms with E-state index < -0.39 is 20.7 Å². The Hall–Kier alpha value is 0.0369. The Labute approximate surface area is 76.7 Å². The average molecular weight is 217 g/mol. The third-order valence-electron chi connectivity index (χ3n) is 1.22. The van der Waals surface area contributed by atoms with Gasteiger partial charge in [-0.25, -0.2) is 0 Å². The van der Waals surface area contributed by atoms with E-state index in [4.69, 9.17) is 11.1 Å². The van der Waals surface area contributed by atoms with Crippen LogP contribution in [0.25, 0.3) is 0 Å². The first-order valence-corrected chi connectivity index (χ1v) is 7.49. The Morgan fingerprint density at radius 1 is 1.33 bits per heavy atom. The first-order chi connectivity index (χ1) is 5.42. The van der Waals surface area contributed by atoms with Gasteiger partial charge < -0.3 is 0 Å². The Morgan fingerprint density at radius 2 is 1.92 bits per heavy atom. The van der Waals surface area contributed by atoms with Crippen LogP contribution in [-0.2, 0) is 0 Å². The van der Waals surface area contributed by atoms with Gasteiger partial charge in [-0.3, -0.25) is 0 Å². The molecule has 1 atom stereocenters. The monoisotopic (exact) mass is 216 g/mol. The largest absolute Gasteiger partial charge is 0.389 e. The van der Waals surface area contributed by atoms with E-state index in [0.717, 1.165) is 6.04 Å². The predicted octanol–water partition coefficient (Wildman–Crippen LogP) is 3.48. The number of hydrogen-bond donors (Lipinski definition) is 0. The molecular weight excluding hydrogens is 205 g/mol. The lowest BCUT2D eigenvalue weighted by Crippen LogP contribution is -2.05. The van der Waals surface area contributed by atoms with Crippen molar-refractivity contribution in [2.24, 2.45) is 0 Å². The summed E-state index contributed by atoms with van der Waals surface area (Å²) in [6.45, 7) is 1.94. The molecule has 0 amide bonds. The lowest BCUT2D eigenvalue weighted by atomic mass is 10.3. The lowest BCUT2D eigenvalue weighted by molar-refractivity contribution is -0.133. The van der Waals surface area contributed by atoms with Crippen LogP contribution in [0.5, 0.6) is 0 Å². The van der Waals surface area contributed by atoms with Crippen LogP contribution in [0.1, 0.15) is 12.8 Å². The molecule has 0 saturated carbocycles. The van der Waals surface area contributed by atoms with Crippen molar-refractivity contribution < 1.29 is 13.2 Å². The maximum Gasteiger partial charge on any atom is 0.389 e. The molecule has 0 fully saturated rings. The molecule has 0 aliphatic rings. The van der Waals surface area contributed by atoms with Gasteiger partial charge in [0.25, 0.3) is 0 Å². The van der Waals surface area contributed by atoms with Gasteiger partial charge in [-0.1, -0.05) is 18.7 Å². The van der Waals surface area contributed by atoms with E-state index in [-0.39, 0.29) is 6.42 Å². The summed E-state index contributed by atoms with van der Waals surface area (Å²) >= 11 is 5.71. The SMILES string of the molecule is C[SiH](Cl)CC=CCCC(F)(F)F. The molecule has 5 heteroatoms. The molecular formula is C7H12ClF3Si. The molecule has 12 heavy (non-hydrogen) atoms. The molecule has 0 aliphatic heterocycles. The topological polar surface area (TPSA) is 0 Å². The van der Waals surface area contributed by atoms with Crippen LogP contribution in [0.4, 0.5) is 13.2 Å². The molecule has 1 unspecified atom stereocenters. The first-order valence-electron chi connectivity index (χ1n) is 3.77. The molecule has 0 aromatic rings. The molecule has 0 aromatic carbocycles. The first kappa shape index (κ1) is 12.0. The predicted molar refractivity (Wildman–Crippen MR) is 48.1 cm³/mol. The summed E-state index contributed by atoms with van der Waals surface area (Å²) in [6.07, 6.45) is -1.40. The van der Waals surface area contributed by atoms with Crippen LogP contribution in [0.15, 0.2) is 12.2 Å². The normalized spacial score (nSPS) is 15.4. The summed E-state index contributed by atoms with van der Waals surface area (Å²) in [6, 6.07) is 0.763. The second-order valence-electron chi connectivity index (χ2n) is 2.64. The maximum atomic E-state index is 11.6. The molecule has 0 aromatic heterocycles. The highest BCUT2D eigenvalue weighted by atomic mass is 35.6. The lowest BCUT2D eigenvalue weighted by Gasteiger charge is -2.01. The minimum absolute atomic E-state index is 0.0709. The fourth-order valence-corrected chi connectivity index (χ4v) is 1.52. The summed E-state index contributed by atoms with van der Waals surface area (Å²) in [4.78, 5) is 0. The molecule has 0 radical (unpaired) electrons. The van der Waals surface area contributed by atoms with Crippen LogP contribution >= 0.6 is 11.1 Å². The van der Waals surface area contributed by atoms with Crippen molar-refractivity contribution >= 4 is 19.2 Å². The van der Waals surface area contributed by atoms with E-state index in [1.807, 2.05) is 6.55 Å². The van der Waals surface area contributed by atoms with Gasteiger partial charge >= 0.3 is 6.18 Å². The number of hydrogen-bond acceptors (Lipinski definition) is 0. The van der Waals surface area contributed by atoms with E-state index in [0.29, 0.717) is 0 Å². The highest BCUT2D eigenvalue weighted by molar-refractivity contribution is 7.06. The molecule has 0 saturated heterocycles. The smallest absolute Gasteiger partial charge is 0.172 e. The number of rotatable bonds is 4. The average Bonchev–Trinajstić information content (AvgIpc) is 1.83. The maximum absolute atomic E-state index is 11.6. The summed E-state index contributed by atoms with van der Waals surface area (Å²) in [5, 5.41) is 0. The van der Waals surface area contributed by atoms with Crippen LogP contribution in [-0.4, -0.2) is 14.3 Å². The van der Waals surface area contributed by atoms with Crippen LogP contribution in [0, 0.1) is 0 Å². The minimum Gasteiger partial charge on any atom is -0.172 e. The van der Waals surface area contributed by atoms with E-state index >= 15 is 0 Å². The van der Waals surface area contributed by atoms with Crippen molar-refractivity contribution in [1.29, 1.82) is 0 Å². The summed E-state index contributed by atoms with van der Waals surface area (Å²) in [5.41, 5.74) is 0. The number of allylic oxidation sites excluding steroid dienone is 2. The Kier molecular flexibility index (Phi) is 5.66. The summed E-state index contributed by atoms with van der Waals surface area (Å²) < 4.78 is 34.8. The molecule has 0 N–H and O–H groups in total. The van der Waals surface area contributed by atoms with Crippen LogP contribution in [0.3, 0.4) is 0 Å². The number of alkyl halides is 3. The van der Waals surface area contributed by atoms with Crippen LogP contribution < -0.4 is 0 Å². The van der Waals surface area contributed by atoms with Gasteiger partial charge in [0.2, 0.25) is 0 Å². The molecule has 0 nitrogen and oxygen atoms in total. The minimum atomic E-state index is -4.03. The highest BCUT2D eigenvalue weighted by Gasteiger charge is 2.25. The second-order valence-corrected chi connectivity index (χ2v) is 6.91. The van der Waals surface area contributed by atoms with Gasteiger partial charge in [0.05, 0.1) is 0 Å². The van der Waals surface area contributed by atoms with E-state index in [1.54, 1.807) is 12.2 Å². The van der Waals surface area contributed by atoms with Gasteiger partial charge in [0.15, 0.2) is 0 Å². The zero-order chi connectivity index (χ0) is 9.61. The third-order valence-corrected chi connectivity index (χ3v) is 2.68. The van der Waals surface area contributed by atoms with Crippen LogP contribution in [0.2, 0.25) is 12.6 Å². The Bertz CT molecular complexity index is 142. The molecule has 0 heterocycles. The summed E-state index contributed by atoms with van der Waals surface area (Å²) in [5.74, 6) is 0. The third kappa shape index (κ3) is 10.0. The fourth-order valence-electron chi connectivity index (χ4n) is 0.649. The second kappa shape index (κ2) is 5.64. The van der Waals surface area contributed by atoms with Crippen molar-refractivity contribution in [3.8, 4) is 0 Å². The molecule has 0 aliphatic carbocycles. The number of halogens is 4.